The lowest BCUT2D eigenvalue weighted by Gasteiger charge is -2.22. The van der Waals surface area contributed by atoms with Crippen LogP contribution in [0.4, 0.5) is 5.69 Å². The summed E-state index contributed by atoms with van der Waals surface area (Å²) in [6.07, 6.45) is 3.28. The largest absolute Gasteiger partial charge is 0.493 e. The number of benzene rings is 1. The molecule has 0 bridgehead atoms. The number of carbonyl (C=O) groups is 1. The number of rotatable bonds is 7. The standard InChI is InChI=1S/C16H23N3O5.ClH/c1-23-14-9-11(13(19(21)22)10-15(14)24-2)6-8-18-16(20)12-5-3-4-7-17-12;/h9-10,12,17H,3-8H2,1-2H3,(H,18,20);1H. The average Bonchev–Trinajstić information content (AvgIpc) is 2.61. The highest BCUT2D eigenvalue weighted by molar-refractivity contribution is 5.85. The smallest absolute Gasteiger partial charge is 0.276 e. The van der Waals surface area contributed by atoms with Crippen LogP contribution in [0.3, 0.4) is 0 Å². The van der Waals surface area contributed by atoms with Gasteiger partial charge in [0, 0.05) is 12.1 Å². The van der Waals surface area contributed by atoms with E-state index in [1.807, 2.05) is 0 Å². The number of amides is 1. The number of nitrogens with zero attached hydrogens (tertiary/aromatic N) is 1. The summed E-state index contributed by atoms with van der Waals surface area (Å²) in [4.78, 5) is 22.9. The molecule has 0 radical (unpaired) electrons. The van der Waals surface area contributed by atoms with Crippen LogP contribution in [0.15, 0.2) is 12.1 Å². The Labute approximate surface area is 152 Å². The highest BCUT2D eigenvalue weighted by Crippen LogP contribution is 2.34. The molecule has 0 aromatic heterocycles. The van der Waals surface area contributed by atoms with Crippen molar-refractivity contribution in [2.45, 2.75) is 31.7 Å². The minimum absolute atomic E-state index is 0. The third-order valence-corrected chi connectivity index (χ3v) is 4.10. The van der Waals surface area contributed by atoms with Crippen LogP contribution >= 0.6 is 12.4 Å². The van der Waals surface area contributed by atoms with Crippen molar-refractivity contribution in [2.75, 3.05) is 27.3 Å². The van der Waals surface area contributed by atoms with Gasteiger partial charge in [-0.1, -0.05) is 6.42 Å². The highest BCUT2D eigenvalue weighted by Gasteiger charge is 2.22. The van der Waals surface area contributed by atoms with Crippen LogP contribution in [0.1, 0.15) is 24.8 Å². The Kier molecular flexibility index (Phi) is 8.44. The maximum Gasteiger partial charge on any atom is 0.276 e. The van der Waals surface area contributed by atoms with Crippen molar-refractivity contribution in [3.05, 3.63) is 27.8 Å². The van der Waals surface area contributed by atoms with Crippen molar-refractivity contribution >= 4 is 24.0 Å². The molecular formula is C16H24ClN3O5. The third kappa shape index (κ3) is 5.47. The van der Waals surface area contributed by atoms with Gasteiger partial charge in [-0.15, -0.1) is 12.4 Å². The van der Waals surface area contributed by atoms with Gasteiger partial charge >= 0.3 is 0 Å². The van der Waals surface area contributed by atoms with Crippen LogP contribution in [0, 0.1) is 10.1 Å². The van der Waals surface area contributed by atoms with Crippen LogP contribution < -0.4 is 20.1 Å². The van der Waals surface area contributed by atoms with E-state index < -0.39 is 4.92 Å². The number of hydrogen-bond donors (Lipinski definition) is 2. The van der Waals surface area contributed by atoms with E-state index in [2.05, 4.69) is 10.6 Å². The molecule has 9 heteroatoms. The molecule has 1 saturated heterocycles. The lowest BCUT2D eigenvalue weighted by molar-refractivity contribution is -0.385. The Morgan fingerprint density at radius 3 is 2.56 bits per heavy atom. The Hall–Kier alpha value is -2.06. The molecule has 2 rings (SSSR count). The van der Waals surface area contributed by atoms with Crippen molar-refractivity contribution < 1.29 is 19.2 Å². The minimum Gasteiger partial charge on any atom is -0.493 e. The van der Waals surface area contributed by atoms with Gasteiger partial charge in [0.1, 0.15) is 0 Å². The summed E-state index contributed by atoms with van der Waals surface area (Å²) in [6, 6.07) is 2.76. The highest BCUT2D eigenvalue weighted by atomic mass is 35.5. The molecule has 1 atom stereocenters. The zero-order valence-corrected chi connectivity index (χ0v) is 15.2. The van der Waals surface area contributed by atoms with E-state index in [9.17, 15) is 14.9 Å². The van der Waals surface area contributed by atoms with E-state index in [4.69, 9.17) is 9.47 Å². The van der Waals surface area contributed by atoms with Crippen LogP contribution in [-0.4, -0.2) is 44.2 Å². The number of ether oxygens (including phenoxy) is 2. The Morgan fingerprint density at radius 1 is 1.32 bits per heavy atom. The molecule has 1 heterocycles. The van der Waals surface area contributed by atoms with Crippen molar-refractivity contribution in [3.8, 4) is 11.5 Å². The first kappa shape index (κ1) is 21.0. The van der Waals surface area contributed by atoms with E-state index in [0.29, 0.717) is 30.0 Å². The Bertz CT molecular complexity index is 606. The summed E-state index contributed by atoms with van der Waals surface area (Å²) in [6.45, 7) is 1.17. The van der Waals surface area contributed by atoms with Gasteiger partial charge in [-0.3, -0.25) is 14.9 Å². The first-order valence-corrected chi connectivity index (χ1v) is 7.97. The van der Waals surface area contributed by atoms with Gasteiger partial charge in [0.2, 0.25) is 5.91 Å². The first-order chi connectivity index (χ1) is 11.6. The van der Waals surface area contributed by atoms with Crippen molar-refractivity contribution in [1.29, 1.82) is 0 Å². The Balaban J connectivity index is 0.00000312. The number of nitro benzene ring substituents is 1. The van der Waals surface area contributed by atoms with Crippen molar-refractivity contribution in [2.24, 2.45) is 0 Å². The number of halogens is 1. The summed E-state index contributed by atoms with van der Waals surface area (Å²) >= 11 is 0. The van der Waals surface area contributed by atoms with Gasteiger partial charge in [-0.05, 0) is 31.9 Å². The van der Waals surface area contributed by atoms with E-state index in [1.54, 1.807) is 6.07 Å². The van der Waals surface area contributed by atoms with Gasteiger partial charge in [0.25, 0.3) is 5.69 Å². The molecule has 0 spiro atoms. The second-order valence-electron chi connectivity index (χ2n) is 5.64. The fourth-order valence-corrected chi connectivity index (χ4v) is 2.80. The van der Waals surface area contributed by atoms with Gasteiger partial charge in [-0.25, -0.2) is 0 Å². The number of piperidine rings is 1. The molecular weight excluding hydrogens is 350 g/mol. The quantitative estimate of drug-likeness (QED) is 0.558. The number of nitrogens with one attached hydrogen (secondary N) is 2. The summed E-state index contributed by atoms with van der Waals surface area (Å²) in [5.41, 5.74) is 0.451. The summed E-state index contributed by atoms with van der Waals surface area (Å²) in [7, 11) is 2.91. The molecule has 8 nitrogen and oxygen atoms in total. The SMILES string of the molecule is COc1cc(CCNC(=O)C2CCCCN2)c([N+](=O)[O-])cc1OC.Cl. The maximum absolute atomic E-state index is 12.1. The molecule has 1 fully saturated rings. The fourth-order valence-electron chi connectivity index (χ4n) is 2.80. The predicted octanol–water partition coefficient (Wildman–Crippen LogP) is 1.83. The van der Waals surface area contributed by atoms with Gasteiger partial charge in [0.05, 0.1) is 31.3 Å². The van der Waals surface area contributed by atoms with Gasteiger partial charge < -0.3 is 20.1 Å². The molecule has 1 aromatic carbocycles. The van der Waals surface area contributed by atoms with Crippen molar-refractivity contribution in [1.82, 2.24) is 10.6 Å². The number of nitro groups is 1. The summed E-state index contributed by atoms with van der Waals surface area (Å²) in [5.74, 6) is 0.680. The molecule has 25 heavy (non-hydrogen) atoms. The monoisotopic (exact) mass is 373 g/mol. The van der Waals surface area contributed by atoms with E-state index in [0.717, 1.165) is 25.8 Å². The lowest BCUT2D eigenvalue weighted by atomic mass is 10.0. The van der Waals surface area contributed by atoms with E-state index in [1.165, 1.54) is 20.3 Å². The van der Waals surface area contributed by atoms with E-state index >= 15 is 0 Å². The molecule has 1 aliphatic heterocycles. The zero-order valence-electron chi connectivity index (χ0n) is 14.4. The first-order valence-electron chi connectivity index (χ1n) is 7.97. The van der Waals surface area contributed by atoms with Crippen LogP contribution in [0.25, 0.3) is 0 Å². The van der Waals surface area contributed by atoms with Crippen molar-refractivity contribution in [3.63, 3.8) is 0 Å². The van der Waals surface area contributed by atoms with Crippen LogP contribution in [-0.2, 0) is 11.2 Å². The topological polar surface area (TPSA) is 103 Å². The molecule has 0 saturated carbocycles. The van der Waals surface area contributed by atoms with Gasteiger partial charge in [-0.2, -0.15) is 0 Å². The maximum atomic E-state index is 12.1. The fraction of sp³-hybridized carbons (Fsp3) is 0.562. The molecule has 1 unspecified atom stereocenters. The predicted molar refractivity (Wildman–Crippen MR) is 95.8 cm³/mol. The third-order valence-electron chi connectivity index (χ3n) is 4.10. The normalized spacial score (nSPS) is 16.5. The molecule has 2 N–H and O–H groups in total. The van der Waals surface area contributed by atoms with Crippen LogP contribution in [0.5, 0.6) is 11.5 Å². The average molecular weight is 374 g/mol. The molecule has 140 valence electrons. The number of carbonyl (C=O) groups excluding carboxylic acids is 1. The lowest BCUT2D eigenvalue weighted by Crippen LogP contribution is -2.47. The van der Waals surface area contributed by atoms with E-state index in [-0.39, 0.29) is 30.0 Å². The second kappa shape index (κ2) is 10.0. The van der Waals surface area contributed by atoms with Crippen LogP contribution in [0.2, 0.25) is 0 Å². The molecule has 1 aromatic rings. The van der Waals surface area contributed by atoms with Gasteiger partial charge in [0.15, 0.2) is 11.5 Å². The summed E-state index contributed by atoms with van der Waals surface area (Å²) < 4.78 is 10.3. The minimum atomic E-state index is -0.457. The number of methoxy groups -OCH3 is 2. The molecule has 0 aliphatic carbocycles. The Morgan fingerprint density at radius 2 is 2.00 bits per heavy atom. The second-order valence-corrected chi connectivity index (χ2v) is 5.64. The molecule has 1 amide bonds. The zero-order chi connectivity index (χ0) is 17.5. The number of hydrogen-bond acceptors (Lipinski definition) is 6. The summed E-state index contributed by atoms with van der Waals surface area (Å²) in [5, 5.41) is 17.3. The molecule has 1 aliphatic rings.